The number of fused-ring (bicyclic) bond motifs is 3. The normalized spacial score (nSPS) is 11.2. The van der Waals surface area contributed by atoms with Crippen molar-refractivity contribution >= 4 is 22.1 Å². The number of imidazole rings is 1. The van der Waals surface area contributed by atoms with Gasteiger partial charge in [-0.1, -0.05) is 54.6 Å². The lowest BCUT2D eigenvalue weighted by atomic mass is 10.0. The Kier molecular flexibility index (Phi) is 3.59. The van der Waals surface area contributed by atoms with Gasteiger partial charge in [0.15, 0.2) is 5.78 Å². The highest BCUT2D eigenvalue weighted by atomic mass is 16.1. The quantitative estimate of drug-likeness (QED) is 0.586. The van der Waals surface area contributed by atoms with Gasteiger partial charge in [0.25, 0.3) is 0 Å². The van der Waals surface area contributed by atoms with Crippen molar-refractivity contribution in [2.45, 2.75) is 0 Å². The summed E-state index contributed by atoms with van der Waals surface area (Å²) in [5.74, 6) is 0.915. The van der Waals surface area contributed by atoms with Gasteiger partial charge >= 0.3 is 0 Å². The summed E-state index contributed by atoms with van der Waals surface area (Å²) in [6, 6.07) is 18.0. The van der Waals surface area contributed by atoms with Crippen LogP contribution < -0.4 is 5.32 Å². The Bertz CT molecular complexity index is 1030. The van der Waals surface area contributed by atoms with E-state index in [0.29, 0.717) is 12.1 Å². The van der Waals surface area contributed by atoms with E-state index in [2.05, 4.69) is 10.3 Å². The molecule has 0 saturated heterocycles. The van der Waals surface area contributed by atoms with Gasteiger partial charge in [0.2, 0.25) is 0 Å². The summed E-state index contributed by atoms with van der Waals surface area (Å²) in [5, 5.41) is 4.94. The molecule has 0 spiro atoms. The number of carbonyl (C=O) groups excluding carboxylic acids is 1. The molecule has 118 valence electrons. The molecule has 2 aromatic carbocycles. The number of hydrogen-bond donors (Lipinski definition) is 1. The lowest BCUT2D eigenvalue weighted by Crippen LogP contribution is -2.19. The van der Waals surface area contributed by atoms with Crippen molar-refractivity contribution in [3.63, 3.8) is 0 Å². The minimum absolute atomic E-state index is 0.0725. The van der Waals surface area contributed by atoms with Crippen LogP contribution in [0.25, 0.3) is 27.7 Å². The van der Waals surface area contributed by atoms with Crippen LogP contribution in [0.2, 0.25) is 0 Å². The number of nitrogens with zero attached hydrogens (tertiary/aromatic N) is 2. The van der Waals surface area contributed by atoms with Crippen LogP contribution in [0, 0.1) is 0 Å². The van der Waals surface area contributed by atoms with Gasteiger partial charge < -0.3 is 5.32 Å². The fourth-order valence-corrected chi connectivity index (χ4v) is 3.11. The highest BCUT2D eigenvalue weighted by Crippen LogP contribution is 2.28. The zero-order valence-corrected chi connectivity index (χ0v) is 13.4. The van der Waals surface area contributed by atoms with Crippen LogP contribution in [0.15, 0.2) is 67.0 Å². The third-order valence-electron chi connectivity index (χ3n) is 4.22. The number of benzene rings is 2. The Morgan fingerprint density at radius 3 is 2.50 bits per heavy atom. The standard InChI is InChI=1S/C20H17N3O/c1-21-12-19(24)17-13-23-18(16-10-6-5-9-15(16)17)11-22-20(23)14-7-3-2-4-8-14/h2-11,13,21H,12H2,1H3. The van der Waals surface area contributed by atoms with Gasteiger partial charge in [-0.2, -0.15) is 0 Å². The molecule has 4 nitrogen and oxygen atoms in total. The topological polar surface area (TPSA) is 46.4 Å². The second kappa shape index (κ2) is 5.91. The summed E-state index contributed by atoms with van der Waals surface area (Å²) < 4.78 is 2.01. The number of rotatable bonds is 4. The van der Waals surface area contributed by atoms with Crippen LogP contribution in [0.4, 0.5) is 0 Å². The Labute approximate surface area is 139 Å². The number of carbonyl (C=O) groups is 1. The molecule has 1 N–H and O–H groups in total. The van der Waals surface area contributed by atoms with E-state index in [1.165, 1.54) is 0 Å². The first kappa shape index (κ1) is 14.6. The second-order valence-electron chi connectivity index (χ2n) is 5.74. The number of Topliss-reactive ketones (excluding diaryl/α,β-unsaturated/α-hetero) is 1. The van der Waals surface area contributed by atoms with E-state index in [1.54, 1.807) is 7.05 Å². The zero-order valence-electron chi connectivity index (χ0n) is 13.4. The van der Waals surface area contributed by atoms with E-state index in [4.69, 9.17) is 0 Å². The minimum Gasteiger partial charge on any atom is -0.313 e. The van der Waals surface area contributed by atoms with Crippen molar-refractivity contribution in [3.8, 4) is 11.4 Å². The highest BCUT2D eigenvalue weighted by molar-refractivity contribution is 6.12. The number of hydrogen-bond acceptors (Lipinski definition) is 3. The minimum atomic E-state index is 0.0725. The number of ketones is 1. The van der Waals surface area contributed by atoms with Gasteiger partial charge in [-0.15, -0.1) is 0 Å². The smallest absolute Gasteiger partial charge is 0.178 e. The molecule has 0 radical (unpaired) electrons. The van der Waals surface area contributed by atoms with Crippen LogP contribution in [0.3, 0.4) is 0 Å². The summed E-state index contributed by atoms with van der Waals surface area (Å²) in [4.78, 5) is 17.2. The Balaban J connectivity index is 2.05. The van der Waals surface area contributed by atoms with E-state index in [0.717, 1.165) is 27.7 Å². The van der Waals surface area contributed by atoms with Gasteiger partial charge in [0.1, 0.15) is 5.82 Å². The zero-order chi connectivity index (χ0) is 16.5. The van der Waals surface area contributed by atoms with E-state index < -0.39 is 0 Å². The predicted molar refractivity (Wildman–Crippen MR) is 96.4 cm³/mol. The lowest BCUT2D eigenvalue weighted by Gasteiger charge is -2.10. The second-order valence-corrected chi connectivity index (χ2v) is 5.74. The fraction of sp³-hybridized carbons (Fsp3) is 0.100. The van der Waals surface area contributed by atoms with Gasteiger partial charge in [0, 0.05) is 22.7 Å². The van der Waals surface area contributed by atoms with Crippen molar-refractivity contribution in [2.75, 3.05) is 13.6 Å². The molecule has 0 bridgehead atoms. The van der Waals surface area contributed by atoms with Crippen LogP contribution >= 0.6 is 0 Å². The molecular formula is C20H17N3O. The van der Waals surface area contributed by atoms with Crippen LogP contribution in [0.5, 0.6) is 0 Å². The van der Waals surface area contributed by atoms with Gasteiger partial charge in [0.05, 0.1) is 18.3 Å². The van der Waals surface area contributed by atoms with Gasteiger partial charge in [-0.25, -0.2) is 4.98 Å². The van der Waals surface area contributed by atoms with Crippen molar-refractivity contribution < 1.29 is 4.79 Å². The molecule has 0 aliphatic heterocycles. The van der Waals surface area contributed by atoms with Crippen LogP contribution in [-0.2, 0) is 0 Å². The SMILES string of the molecule is CNCC(=O)c1cn2c(-c3ccccc3)ncc2c2ccccc12. The summed E-state index contributed by atoms with van der Waals surface area (Å²) in [5.41, 5.74) is 2.74. The third kappa shape index (κ3) is 2.28. The van der Waals surface area contributed by atoms with Gasteiger partial charge in [-0.3, -0.25) is 9.20 Å². The maximum Gasteiger partial charge on any atom is 0.178 e. The summed E-state index contributed by atoms with van der Waals surface area (Å²) in [6.07, 6.45) is 3.78. The molecule has 4 rings (SSSR count). The van der Waals surface area contributed by atoms with Crippen LogP contribution in [-0.4, -0.2) is 28.8 Å². The lowest BCUT2D eigenvalue weighted by molar-refractivity contribution is 0.0995. The van der Waals surface area contributed by atoms with E-state index in [9.17, 15) is 4.79 Å². The molecule has 0 unspecified atom stereocenters. The summed E-state index contributed by atoms with van der Waals surface area (Å²) in [7, 11) is 1.78. The average molecular weight is 315 g/mol. The van der Waals surface area contributed by atoms with Crippen LogP contribution in [0.1, 0.15) is 10.4 Å². The molecule has 0 fully saturated rings. The molecule has 24 heavy (non-hydrogen) atoms. The first-order valence-corrected chi connectivity index (χ1v) is 7.91. The highest BCUT2D eigenvalue weighted by Gasteiger charge is 2.15. The van der Waals surface area contributed by atoms with Gasteiger partial charge in [-0.05, 0) is 12.4 Å². The summed E-state index contributed by atoms with van der Waals surface area (Å²) >= 11 is 0. The average Bonchev–Trinajstić information content (AvgIpc) is 3.06. The number of pyridine rings is 1. The summed E-state index contributed by atoms with van der Waals surface area (Å²) in [6.45, 7) is 0.310. The number of aromatic nitrogens is 2. The van der Waals surface area contributed by atoms with Crippen molar-refractivity contribution in [1.29, 1.82) is 0 Å². The Morgan fingerprint density at radius 2 is 1.75 bits per heavy atom. The molecular weight excluding hydrogens is 298 g/mol. The Morgan fingerprint density at radius 1 is 1.04 bits per heavy atom. The fourth-order valence-electron chi connectivity index (χ4n) is 3.11. The largest absolute Gasteiger partial charge is 0.313 e. The molecule has 0 amide bonds. The molecule has 4 heteroatoms. The molecule has 0 atom stereocenters. The maximum absolute atomic E-state index is 12.6. The van der Waals surface area contributed by atoms with Crippen molar-refractivity contribution in [2.24, 2.45) is 0 Å². The van der Waals surface area contributed by atoms with Crippen molar-refractivity contribution in [1.82, 2.24) is 14.7 Å². The molecule has 0 saturated carbocycles. The molecule has 0 aliphatic carbocycles. The van der Waals surface area contributed by atoms with E-state index >= 15 is 0 Å². The van der Waals surface area contributed by atoms with E-state index in [1.807, 2.05) is 71.4 Å². The third-order valence-corrected chi connectivity index (χ3v) is 4.22. The Hall–Kier alpha value is -2.98. The molecule has 2 aromatic heterocycles. The first-order chi connectivity index (χ1) is 11.8. The molecule has 4 aromatic rings. The molecule has 0 aliphatic rings. The maximum atomic E-state index is 12.6. The monoisotopic (exact) mass is 315 g/mol. The first-order valence-electron chi connectivity index (χ1n) is 7.91. The predicted octanol–water partition coefficient (Wildman–Crippen LogP) is 3.56. The molecule has 2 heterocycles. The number of nitrogens with one attached hydrogen (secondary N) is 1. The number of likely N-dealkylation sites (N-methyl/N-ethyl adjacent to an activating group) is 1. The van der Waals surface area contributed by atoms with Crippen molar-refractivity contribution in [3.05, 3.63) is 72.6 Å². The van der Waals surface area contributed by atoms with E-state index in [-0.39, 0.29) is 5.78 Å².